The van der Waals surface area contributed by atoms with Gasteiger partial charge in [0.25, 0.3) is 0 Å². The quantitative estimate of drug-likeness (QED) is 0.627. The lowest BCUT2D eigenvalue weighted by atomic mass is 10.4. The SMILES string of the molecule is C=C(/C=C(/Cl)C(=C)F)NC. The van der Waals surface area contributed by atoms with Crippen LogP contribution in [0, 0.1) is 0 Å². The van der Waals surface area contributed by atoms with E-state index >= 15 is 0 Å². The van der Waals surface area contributed by atoms with Crippen molar-refractivity contribution in [2.24, 2.45) is 0 Å². The summed E-state index contributed by atoms with van der Waals surface area (Å²) in [6.45, 7) is 6.52. The maximum atomic E-state index is 12.1. The van der Waals surface area contributed by atoms with Gasteiger partial charge in [0.2, 0.25) is 0 Å². The van der Waals surface area contributed by atoms with E-state index in [2.05, 4.69) is 18.5 Å². The Morgan fingerprint density at radius 1 is 1.60 bits per heavy atom. The van der Waals surface area contributed by atoms with Crippen LogP contribution in [-0.4, -0.2) is 7.05 Å². The third-order valence-corrected chi connectivity index (χ3v) is 1.20. The van der Waals surface area contributed by atoms with Crippen molar-refractivity contribution in [3.05, 3.63) is 35.8 Å². The maximum absolute atomic E-state index is 12.1. The molecule has 0 rings (SSSR count). The molecule has 0 bridgehead atoms. The molecule has 0 saturated carbocycles. The molecule has 56 valence electrons. The molecule has 10 heavy (non-hydrogen) atoms. The minimum atomic E-state index is -0.655. The van der Waals surface area contributed by atoms with Gasteiger partial charge in [-0.1, -0.05) is 24.8 Å². The molecule has 0 amide bonds. The van der Waals surface area contributed by atoms with Crippen molar-refractivity contribution in [1.82, 2.24) is 5.32 Å². The van der Waals surface area contributed by atoms with Crippen molar-refractivity contribution in [2.75, 3.05) is 7.05 Å². The molecule has 0 spiro atoms. The zero-order chi connectivity index (χ0) is 8.15. The van der Waals surface area contributed by atoms with Crippen molar-refractivity contribution >= 4 is 11.6 Å². The highest BCUT2D eigenvalue weighted by molar-refractivity contribution is 6.31. The summed E-state index contributed by atoms with van der Waals surface area (Å²) in [4.78, 5) is 0. The van der Waals surface area contributed by atoms with Gasteiger partial charge in [-0.15, -0.1) is 0 Å². The first-order chi connectivity index (χ1) is 4.57. The zero-order valence-corrected chi connectivity index (χ0v) is 6.50. The summed E-state index contributed by atoms with van der Waals surface area (Å²) in [5.41, 5.74) is 0.545. The predicted octanol–water partition coefficient (Wildman–Crippen LogP) is 2.33. The highest BCUT2D eigenvalue weighted by atomic mass is 35.5. The van der Waals surface area contributed by atoms with Crippen LogP contribution in [0.1, 0.15) is 0 Å². The van der Waals surface area contributed by atoms with E-state index in [0.717, 1.165) is 0 Å². The molecule has 0 saturated heterocycles. The molecule has 0 aromatic rings. The first-order valence-electron chi connectivity index (χ1n) is 2.66. The standard InChI is InChI=1S/C7H9ClFN/c1-5(10-3)4-7(8)6(2)9/h4,10H,1-2H2,3H3/b7-4+. The molecule has 3 heteroatoms. The summed E-state index contributed by atoms with van der Waals surface area (Å²) in [5, 5.41) is 2.66. The predicted molar refractivity (Wildman–Crippen MR) is 42.4 cm³/mol. The maximum Gasteiger partial charge on any atom is 0.134 e. The van der Waals surface area contributed by atoms with Crippen LogP contribution in [0.25, 0.3) is 0 Å². The zero-order valence-electron chi connectivity index (χ0n) is 5.75. The van der Waals surface area contributed by atoms with Crippen LogP contribution >= 0.6 is 11.6 Å². The normalized spacial score (nSPS) is 10.9. The lowest BCUT2D eigenvalue weighted by Gasteiger charge is -1.96. The summed E-state index contributed by atoms with van der Waals surface area (Å²) in [5.74, 6) is -0.655. The molecule has 0 aromatic carbocycles. The monoisotopic (exact) mass is 161 g/mol. The van der Waals surface area contributed by atoms with Gasteiger partial charge in [-0.05, 0) is 6.08 Å². The largest absolute Gasteiger partial charge is 0.389 e. The molecule has 0 fully saturated rings. The third kappa shape index (κ3) is 3.30. The molecule has 1 N–H and O–H groups in total. The van der Waals surface area contributed by atoms with Crippen molar-refractivity contribution in [3.8, 4) is 0 Å². The van der Waals surface area contributed by atoms with Gasteiger partial charge in [-0.2, -0.15) is 0 Å². The van der Waals surface area contributed by atoms with E-state index in [1.54, 1.807) is 7.05 Å². The Balaban J connectivity index is 4.16. The number of halogens is 2. The smallest absolute Gasteiger partial charge is 0.134 e. The number of likely N-dealkylation sites (N-methyl/N-ethyl adjacent to an activating group) is 1. The molecule has 0 aliphatic heterocycles. The van der Waals surface area contributed by atoms with Gasteiger partial charge in [0, 0.05) is 12.7 Å². The summed E-state index contributed by atoms with van der Waals surface area (Å²) < 4.78 is 12.1. The van der Waals surface area contributed by atoms with Gasteiger partial charge in [0.15, 0.2) is 0 Å². The van der Waals surface area contributed by atoms with E-state index in [1.165, 1.54) is 6.08 Å². The van der Waals surface area contributed by atoms with Crippen molar-refractivity contribution in [1.29, 1.82) is 0 Å². The van der Waals surface area contributed by atoms with Crippen LogP contribution in [0.3, 0.4) is 0 Å². The van der Waals surface area contributed by atoms with Gasteiger partial charge in [0.05, 0.1) is 5.03 Å². The second kappa shape index (κ2) is 4.12. The molecule has 0 atom stereocenters. The minimum absolute atomic E-state index is 0.0284. The first kappa shape index (κ1) is 9.24. The van der Waals surface area contributed by atoms with Crippen molar-refractivity contribution in [2.45, 2.75) is 0 Å². The van der Waals surface area contributed by atoms with Crippen LogP contribution in [-0.2, 0) is 0 Å². The average Bonchev–Trinajstić information content (AvgIpc) is 1.87. The van der Waals surface area contributed by atoms with Gasteiger partial charge in [-0.25, -0.2) is 4.39 Å². The van der Waals surface area contributed by atoms with E-state index in [9.17, 15) is 4.39 Å². The molecular formula is C7H9ClFN. The number of hydrogen-bond acceptors (Lipinski definition) is 1. The topological polar surface area (TPSA) is 12.0 Å². The van der Waals surface area contributed by atoms with Crippen LogP contribution in [0.15, 0.2) is 35.8 Å². The van der Waals surface area contributed by atoms with E-state index in [4.69, 9.17) is 11.6 Å². The summed E-state index contributed by atoms with van der Waals surface area (Å²) in [6, 6.07) is 0. The second-order valence-electron chi connectivity index (χ2n) is 1.67. The fourth-order valence-electron chi connectivity index (χ4n) is 0.303. The fraction of sp³-hybridized carbons (Fsp3) is 0.143. The number of nitrogens with one attached hydrogen (secondary N) is 1. The molecule has 0 aliphatic carbocycles. The lowest BCUT2D eigenvalue weighted by molar-refractivity contribution is 0.666. The third-order valence-electron chi connectivity index (χ3n) is 0.881. The van der Waals surface area contributed by atoms with Crippen LogP contribution < -0.4 is 5.32 Å². The average molecular weight is 162 g/mol. The van der Waals surface area contributed by atoms with Crippen LogP contribution in [0.4, 0.5) is 4.39 Å². The van der Waals surface area contributed by atoms with Crippen molar-refractivity contribution < 1.29 is 4.39 Å². The van der Waals surface area contributed by atoms with Crippen molar-refractivity contribution in [3.63, 3.8) is 0 Å². The molecule has 0 aliphatic rings. The fourth-order valence-corrected chi connectivity index (χ4v) is 0.435. The highest BCUT2D eigenvalue weighted by Gasteiger charge is 1.95. The molecule has 0 radical (unpaired) electrons. The Kier molecular flexibility index (Phi) is 3.81. The Bertz CT molecular complexity index is 184. The highest BCUT2D eigenvalue weighted by Crippen LogP contribution is 2.14. The second-order valence-corrected chi connectivity index (χ2v) is 2.08. The molecule has 1 nitrogen and oxygen atoms in total. The number of allylic oxidation sites excluding steroid dienone is 3. The van der Waals surface area contributed by atoms with E-state index in [0.29, 0.717) is 5.70 Å². The minimum Gasteiger partial charge on any atom is -0.389 e. The van der Waals surface area contributed by atoms with E-state index < -0.39 is 5.83 Å². The Morgan fingerprint density at radius 3 is 2.40 bits per heavy atom. The van der Waals surface area contributed by atoms with Gasteiger partial charge < -0.3 is 5.32 Å². The number of rotatable bonds is 3. The van der Waals surface area contributed by atoms with Gasteiger partial charge in [-0.3, -0.25) is 0 Å². The van der Waals surface area contributed by atoms with Crippen LogP contribution in [0.2, 0.25) is 0 Å². The van der Waals surface area contributed by atoms with E-state index in [1.807, 2.05) is 0 Å². The van der Waals surface area contributed by atoms with Crippen LogP contribution in [0.5, 0.6) is 0 Å². The summed E-state index contributed by atoms with van der Waals surface area (Å²) in [7, 11) is 1.67. The molecule has 0 unspecified atom stereocenters. The number of hydrogen-bond donors (Lipinski definition) is 1. The molecule has 0 aromatic heterocycles. The van der Waals surface area contributed by atoms with Gasteiger partial charge >= 0.3 is 0 Å². The molecule has 0 heterocycles. The first-order valence-corrected chi connectivity index (χ1v) is 3.04. The summed E-state index contributed by atoms with van der Waals surface area (Å²) >= 11 is 5.38. The van der Waals surface area contributed by atoms with E-state index in [-0.39, 0.29) is 5.03 Å². The van der Waals surface area contributed by atoms with Gasteiger partial charge in [0.1, 0.15) is 5.83 Å². The summed E-state index contributed by atoms with van der Waals surface area (Å²) in [6.07, 6.45) is 1.36. The lowest BCUT2D eigenvalue weighted by Crippen LogP contribution is -2.01. The Labute approximate surface area is 64.9 Å². The molecular weight excluding hydrogens is 153 g/mol. The Morgan fingerprint density at radius 2 is 2.10 bits per heavy atom. The Hall–Kier alpha value is -0.760.